The number of nitrogens with one attached hydrogen (secondary N) is 1. The Kier molecular flexibility index (Phi) is 8.01. The van der Waals surface area contributed by atoms with Gasteiger partial charge in [0.15, 0.2) is 0 Å². The van der Waals surface area contributed by atoms with Gasteiger partial charge in [0.25, 0.3) is 10.1 Å². The first-order chi connectivity index (χ1) is 10.8. The number of unbranched alkanes of at least 4 members (excludes halogenated alkanes) is 2. The van der Waals surface area contributed by atoms with Gasteiger partial charge in [-0.2, -0.15) is 8.42 Å². The summed E-state index contributed by atoms with van der Waals surface area (Å²) in [5.41, 5.74) is 6.70. The highest BCUT2D eigenvalue weighted by Gasteiger charge is 2.11. The van der Waals surface area contributed by atoms with Gasteiger partial charge in [0.2, 0.25) is 5.91 Å². The fourth-order valence-electron chi connectivity index (χ4n) is 2.01. The standard InChI is InChI=1S/C15H24N2O5S/c1-17-15(18)14(16)11-12-5-7-13(8-6-12)22-9-3-2-4-10-23(19,20)21/h5-8,14H,2-4,9-11,16H2,1H3,(H,17,18)(H,19,20,21)/t14-/m0/s1. The van der Waals surface area contributed by atoms with Crippen molar-refractivity contribution >= 4 is 16.0 Å². The molecule has 0 aromatic heterocycles. The summed E-state index contributed by atoms with van der Waals surface area (Å²) in [6, 6.07) is 6.76. The van der Waals surface area contributed by atoms with Crippen LogP contribution in [-0.4, -0.2) is 44.3 Å². The summed E-state index contributed by atoms with van der Waals surface area (Å²) in [5.74, 6) is 0.292. The van der Waals surface area contributed by atoms with E-state index in [1.807, 2.05) is 24.3 Å². The van der Waals surface area contributed by atoms with E-state index >= 15 is 0 Å². The van der Waals surface area contributed by atoms with Gasteiger partial charge in [0.05, 0.1) is 18.4 Å². The molecule has 8 heteroatoms. The second kappa shape index (κ2) is 9.49. The molecule has 1 aromatic rings. The summed E-state index contributed by atoms with van der Waals surface area (Å²) in [5, 5.41) is 2.51. The van der Waals surface area contributed by atoms with Crippen LogP contribution in [-0.2, 0) is 21.3 Å². The number of hydrogen-bond acceptors (Lipinski definition) is 5. The Hall–Kier alpha value is -1.64. The number of benzene rings is 1. The molecule has 0 saturated carbocycles. The van der Waals surface area contributed by atoms with E-state index in [0.717, 1.165) is 5.56 Å². The fourth-order valence-corrected chi connectivity index (χ4v) is 2.58. The maximum Gasteiger partial charge on any atom is 0.264 e. The highest BCUT2D eigenvalue weighted by atomic mass is 32.2. The SMILES string of the molecule is CNC(=O)[C@@H](N)Cc1ccc(OCCCCCS(=O)(=O)O)cc1. The fraction of sp³-hybridized carbons (Fsp3) is 0.533. The minimum atomic E-state index is -3.87. The van der Waals surface area contributed by atoms with Crippen LogP contribution in [0.3, 0.4) is 0 Å². The van der Waals surface area contributed by atoms with Gasteiger partial charge in [0.1, 0.15) is 5.75 Å². The van der Waals surface area contributed by atoms with Crippen molar-refractivity contribution in [1.29, 1.82) is 0 Å². The first-order valence-electron chi connectivity index (χ1n) is 7.46. The lowest BCUT2D eigenvalue weighted by atomic mass is 10.1. The highest BCUT2D eigenvalue weighted by molar-refractivity contribution is 7.85. The van der Waals surface area contributed by atoms with Gasteiger partial charge in [0, 0.05) is 7.05 Å². The molecule has 4 N–H and O–H groups in total. The van der Waals surface area contributed by atoms with Crippen molar-refractivity contribution in [3.8, 4) is 5.75 Å². The molecule has 23 heavy (non-hydrogen) atoms. The Balaban J connectivity index is 2.28. The smallest absolute Gasteiger partial charge is 0.264 e. The number of nitrogens with two attached hydrogens (primary N) is 1. The molecular formula is C15H24N2O5S. The predicted molar refractivity (Wildman–Crippen MR) is 87.9 cm³/mol. The van der Waals surface area contributed by atoms with Gasteiger partial charge in [-0.25, -0.2) is 0 Å². The number of amides is 1. The third kappa shape index (κ3) is 8.53. The van der Waals surface area contributed by atoms with Crippen molar-refractivity contribution in [2.24, 2.45) is 5.73 Å². The lowest BCUT2D eigenvalue weighted by Gasteiger charge is -2.11. The van der Waals surface area contributed by atoms with E-state index in [4.69, 9.17) is 15.0 Å². The van der Waals surface area contributed by atoms with Crippen LogP contribution in [0.15, 0.2) is 24.3 Å². The molecule has 1 atom stereocenters. The maximum atomic E-state index is 11.4. The third-order valence-electron chi connectivity index (χ3n) is 3.28. The molecular weight excluding hydrogens is 320 g/mol. The Bertz CT molecular complexity index is 586. The highest BCUT2D eigenvalue weighted by Crippen LogP contribution is 2.14. The molecule has 0 aliphatic heterocycles. The largest absolute Gasteiger partial charge is 0.494 e. The van der Waals surface area contributed by atoms with E-state index in [9.17, 15) is 13.2 Å². The minimum Gasteiger partial charge on any atom is -0.494 e. The molecule has 130 valence electrons. The zero-order valence-corrected chi connectivity index (χ0v) is 14.0. The van der Waals surface area contributed by atoms with Crippen LogP contribution >= 0.6 is 0 Å². The Morgan fingerprint density at radius 3 is 2.48 bits per heavy atom. The van der Waals surface area contributed by atoms with Crippen LogP contribution in [0.4, 0.5) is 0 Å². The van der Waals surface area contributed by atoms with Gasteiger partial charge in [-0.1, -0.05) is 12.1 Å². The van der Waals surface area contributed by atoms with E-state index in [-0.39, 0.29) is 11.7 Å². The molecule has 0 fully saturated rings. The predicted octanol–water partition coefficient (Wildman–Crippen LogP) is 0.739. The number of carbonyl (C=O) groups excluding carboxylic acids is 1. The molecule has 0 heterocycles. The average molecular weight is 344 g/mol. The molecule has 0 unspecified atom stereocenters. The molecule has 7 nitrogen and oxygen atoms in total. The quantitative estimate of drug-likeness (QED) is 0.425. The van der Waals surface area contributed by atoms with Crippen molar-refractivity contribution in [2.45, 2.75) is 31.7 Å². The van der Waals surface area contributed by atoms with E-state index in [1.54, 1.807) is 7.05 Å². The molecule has 1 rings (SSSR count). The van der Waals surface area contributed by atoms with Gasteiger partial charge >= 0.3 is 0 Å². The zero-order valence-electron chi connectivity index (χ0n) is 13.2. The molecule has 0 bridgehead atoms. The number of hydrogen-bond donors (Lipinski definition) is 3. The van der Waals surface area contributed by atoms with Gasteiger partial charge in [-0.05, 0) is 43.4 Å². The number of likely N-dealkylation sites (N-methyl/N-ethyl adjacent to an activating group) is 1. The Morgan fingerprint density at radius 1 is 1.26 bits per heavy atom. The monoisotopic (exact) mass is 344 g/mol. The van der Waals surface area contributed by atoms with Crippen LogP contribution in [0, 0.1) is 0 Å². The van der Waals surface area contributed by atoms with Crippen molar-refractivity contribution in [3.05, 3.63) is 29.8 Å². The van der Waals surface area contributed by atoms with Crippen LogP contribution in [0.25, 0.3) is 0 Å². The molecule has 0 spiro atoms. The number of carbonyl (C=O) groups is 1. The van der Waals surface area contributed by atoms with Gasteiger partial charge in [-0.3, -0.25) is 9.35 Å². The molecule has 0 aliphatic rings. The second-order valence-corrected chi connectivity index (χ2v) is 6.84. The van der Waals surface area contributed by atoms with Gasteiger partial charge in [-0.15, -0.1) is 0 Å². The molecule has 1 aromatic carbocycles. The second-order valence-electron chi connectivity index (χ2n) is 5.26. The average Bonchev–Trinajstić information content (AvgIpc) is 2.50. The topological polar surface area (TPSA) is 119 Å². The Morgan fingerprint density at radius 2 is 1.91 bits per heavy atom. The zero-order chi connectivity index (χ0) is 17.3. The third-order valence-corrected chi connectivity index (χ3v) is 4.08. The van der Waals surface area contributed by atoms with Gasteiger partial charge < -0.3 is 15.8 Å². The van der Waals surface area contributed by atoms with E-state index in [2.05, 4.69) is 5.32 Å². The molecule has 0 radical (unpaired) electrons. The minimum absolute atomic E-state index is 0.199. The molecule has 0 saturated heterocycles. The van der Waals surface area contributed by atoms with Crippen LogP contribution in [0.2, 0.25) is 0 Å². The van der Waals surface area contributed by atoms with Crippen molar-refractivity contribution in [2.75, 3.05) is 19.4 Å². The van der Waals surface area contributed by atoms with Crippen LogP contribution in [0.5, 0.6) is 5.75 Å². The van der Waals surface area contributed by atoms with E-state index in [0.29, 0.717) is 38.0 Å². The summed E-state index contributed by atoms with van der Waals surface area (Å²) < 4.78 is 35.2. The Labute approximate surface area is 137 Å². The molecule has 0 aliphatic carbocycles. The van der Waals surface area contributed by atoms with Crippen molar-refractivity contribution in [1.82, 2.24) is 5.32 Å². The summed E-state index contributed by atoms with van der Waals surface area (Å²) >= 11 is 0. The summed E-state index contributed by atoms with van der Waals surface area (Å²) in [4.78, 5) is 11.4. The van der Waals surface area contributed by atoms with Crippen LogP contribution < -0.4 is 15.8 Å². The normalized spacial score (nSPS) is 12.7. The number of ether oxygens (including phenoxy) is 1. The maximum absolute atomic E-state index is 11.4. The summed E-state index contributed by atoms with van der Waals surface area (Å²) in [7, 11) is -2.32. The lowest BCUT2D eigenvalue weighted by molar-refractivity contribution is -0.121. The lowest BCUT2D eigenvalue weighted by Crippen LogP contribution is -2.40. The molecule has 1 amide bonds. The number of rotatable bonds is 10. The van der Waals surface area contributed by atoms with E-state index < -0.39 is 16.2 Å². The van der Waals surface area contributed by atoms with Crippen molar-refractivity contribution < 1.29 is 22.5 Å². The first-order valence-corrected chi connectivity index (χ1v) is 9.07. The first kappa shape index (κ1) is 19.4. The van der Waals surface area contributed by atoms with Crippen molar-refractivity contribution in [3.63, 3.8) is 0 Å². The summed E-state index contributed by atoms with van der Waals surface area (Å²) in [6.45, 7) is 0.475. The van der Waals surface area contributed by atoms with E-state index in [1.165, 1.54) is 0 Å². The van der Waals surface area contributed by atoms with Crippen LogP contribution in [0.1, 0.15) is 24.8 Å². The summed E-state index contributed by atoms with van der Waals surface area (Å²) in [6.07, 6.45) is 2.24.